The van der Waals surface area contributed by atoms with Gasteiger partial charge in [0.2, 0.25) is 0 Å². The van der Waals surface area contributed by atoms with Crippen molar-refractivity contribution < 1.29 is 12.4 Å². The lowest BCUT2D eigenvalue weighted by Crippen LogP contribution is -3.00. The third-order valence-corrected chi connectivity index (χ3v) is 10.2. The molecule has 3 atom stereocenters. The predicted octanol–water partition coefficient (Wildman–Crippen LogP) is 0.828. The second-order valence-electron chi connectivity index (χ2n) is 4.55. The molecule has 0 radical (unpaired) electrons. The number of hydrogen-bond acceptors (Lipinski definition) is 2. The minimum atomic E-state index is -0.640. The molecule has 1 rings (SSSR count). The zero-order valence-corrected chi connectivity index (χ0v) is 12.4. The topological polar surface area (TPSA) is 0 Å². The van der Waals surface area contributed by atoms with E-state index >= 15 is 0 Å². The Bertz CT molecular complexity index is 148. The van der Waals surface area contributed by atoms with Crippen LogP contribution in [-0.4, -0.2) is 34.8 Å². The molecular weight excluding hydrogens is 239 g/mol. The largest absolute Gasteiger partial charge is 1.00 e. The lowest BCUT2D eigenvalue weighted by molar-refractivity contribution is -0.00000281. The second kappa shape index (κ2) is 5.49. The highest BCUT2D eigenvalue weighted by molar-refractivity contribution is 8.26. The van der Waals surface area contributed by atoms with Crippen molar-refractivity contribution in [3.8, 4) is 0 Å². The summed E-state index contributed by atoms with van der Waals surface area (Å²) in [5.41, 5.74) is 0. The van der Waals surface area contributed by atoms with Gasteiger partial charge in [0.15, 0.2) is 4.32 Å². The minimum absolute atomic E-state index is 0. The maximum Gasteiger partial charge on any atom is 0.159 e. The molecule has 1 unspecified atom stereocenters. The van der Waals surface area contributed by atoms with Crippen LogP contribution in [0.3, 0.4) is 0 Å². The molecule has 1 heterocycles. The summed E-state index contributed by atoms with van der Waals surface area (Å²) in [5, 5.41) is 1.76. The maximum absolute atomic E-state index is 2.46. The van der Waals surface area contributed by atoms with Gasteiger partial charge < -0.3 is 12.4 Å². The normalized spacial score (nSPS) is 35.3. The minimum Gasteiger partial charge on any atom is -1.00 e. The van der Waals surface area contributed by atoms with Crippen LogP contribution in [0.25, 0.3) is 0 Å². The Labute approximate surface area is 98.1 Å². The number of rotatable bonds is 1. The molecule has 0 aliphatic carbocycles. The van der Waals surface area contributed by atoms with Crippen molar-refractivity contribution in [1.29, 1.82) is 0 Å². The Morgan fingerprint density at radius 1 is 1.00 bits per heavy atom. The highest BCUT2D eigenvalue weighted by Gasteiger charge is 2.38. The van der Waals surface area contributed by atoms with Crippen molar-refractivity contribution in [3.63, 3.8) is 0 Å². The molecule has 0 N–H and O–H groups in total. The van der Waals surface area contributed by atoms with Gasteiger partial charge in [-0.3, -0.25) is 0 Å². The van der Waals surface area contributed by atoms with Gasteiger partial charge >= 0.3 is 0 Å². The van der Waals surface area contributed by atoms with Crippen LogP contribution in [0.4, 0.5) is 0 Å². The number of halogens is 1. The zero-order chi connectivity index (χ0) is 9.35. The Hall–Kier alpha value is 1.42. The Kier molecular flexibility index (Phi) is 6.09. The number of hydrogen-bond donors (Lipinski definition) is 0. The SMILES string of the molecule is C[C@@H]1C[C@H](C)SC([P+](C)(C)C)S1.[Cl-]. The molecule has 0 aromatic rings. The summed E-state index contributed by atoms with van der Waals surface area (Å²) >= 11 is 4.42. The first-order valence-corrected chi connectivity index (χ1v) is 9.60. The molecule has 0 saturated carbocycles. The summed E-state index contributed by atoms with van der Waals surface area (Å²) in [6.45, 7) is 12.1. The summed E-state index contributed by atoms with van der Waals surface area (Å²) in [6, 6.07) is 0. The van der Waals surface area contributed by atoms with Gasteiger partial charge in [0.05, 0.1) is 20.0 Å². The average Bonchev–Trinajstić information content (AvgIpc) is 1.82. The molecule has 0 bridgehead atoms. The lowest BCUT2D eigenvalue weighted by Gasteiger charge is -2.33. The van der Waals surface area contributed by atoms with E-state index in [2.05, 4.69) is 57.4 Å². The van der Waals surface area contributed by atoms with Gasteiger partial charge in [0.1, 0.15) is 0 Å². The Balaban J connectivity index is 0.00000144. The molecule has 1 aliphatic rings. The molecule has 13 heavy (non-hydrogen) atoms. The van der Waals surface area contributed by atoms with E-state index in [1.807, 2.05) is 0 Å². The molecule has 1 aliphatic heterocycles. The standard InChI is InChI=1S/C9H20PS2.ClH/c1-7-6-8(2)12-9(11-7)10(3,4)5;/h7-9H,6H2,1-5H3;1H/q+1;/p-1/t7-,8+,9?;. The van der Waals surface area contributed by atoms with Crippen molar-refractivity contribution in [2.24, 2.45) is 0 Å². The third-order valence-electron chi connectivity index (χ3n) is 1.99. The van der Waals surface area contributed by atoms with Gasteiger partial charge in [-0.15, -0.1) is 23.5 Å². The van der Waals surface area contributed by atoms with Gasteiger partial charge in [0.25, 0.3) is 0 Å². The van der Waals surface area contributed by atoms with E-state index in [-0.39, 0.29) is 12.4 Å². The van der Waals surface area contributed by atoms with Crippen molar-refractivity contribution >= 4 is 30.8 Å². The first kappa shape index (κ1) is 14.4. The summed E-state index contributed by atoms with van der Waals surface area (Å²) in [7, 11) is -0.640. The van der Waals surface area contributed by atoms with Crippen molar-refractivity contribution in [2.75, 3.05) is 20.0 Å². The van der Waals surface area contributed by atoms with Crippen LogP contribution in [0.15, 0.2) is 0 Å². The molecule has 80 valence electrons. The van der Waals surface area contributed by atoms with Crippen LogP contribution in [0, 0.1) is 0 Å². The van der Waals surface area contributed by atoms with Gasteiger partial charge in [-0.2, -0.15) is 0 Å². The van der Waals surface area contributed by atoms with E-state index < -0.39 is 7.26 Å². The van der Waals surface area contributed by atoms with Crippen molar-refractivity contribution in [1.82, 2.24) is 0 Å². The van der Waals surface area contributed by atoms with Crippen molar-refractivity contribution in [2.45, 2.75) is 35.1 Å². The first-order chi connectivity index (χ1) is 5.39. The van der Waals surface area contributed by atoms with Gasteiger partial charge in [-0.1, -0.05) is 13.8 Å². The highest BCUT2D eigenvalue weighted by atomic mass is 35.5. The van der Waals surface area contributed by atoms with Crippen LogP contribution in [0.5, 0.6) is 0 Å². The molecule has 1 fully saturated rings. The van der Waals surface area contributed by atoms with Crippen LogP contribution in [0.1, 0.15) is 20.3 Å². The van der Waals surface area contributed by atoms with Gasteiger partial charge in [0, 0.05) is 17.8 Å². The average molecular weight is 259 g/mol. The number of thioether (sulfide) groups is 2. The quantitative estimate of drug-likeness (QED) is 0.639. The van der Waals surface area contributed by atoms with Crippen LogP contribution in [-0.2, 0) is 0 Å². The van der Waals surface area contributed by atoms with E-state index in [4.69, 9.17) is 0 Å². The van der Waals surface area contributed by atoms with Crippen LogP contribution < -0.4 is 12.4 Å². The Morgan fingerprint density at radius 2 is 1.38 bits per heavy atom. The van der Waals surface area contributed by atoms with Gasteiger partial charge in [-0.05, 0) is 6.42 Å². The second-order valence-corrected chi connectivity index (χ2v) is 13.4. The van der Waals surface area contributed by atoms with E-state index in [1.165, 1.54) is 6.42 Å². The maximum atomic E-state index is 2.46. The fourth-order valence-electron chi connectivity index (χ4n) is 1.37. The smallest absolute Gasteiger partial charge is 0.159 e. The molecule has 4 heteroatoms. The first-order valence-electron chi connectivity index (χ1n) is 4.51. The van der Waals surface area contributed by atoms with E-state index in [0.717, 1.165) is 14.8 Å². The molecule has 0 aromatic heterocycles. The zero-order valence-electron chi connectivity index (χ0n) is 9.08. The Morgan fingerprint density at radius 3 is 1.69 bits per heavy atom. The summed E-state index contributed by atoms with van der Waals surface area (Å²) in [5.74, 6) is 0. The summed E-state index contributed by atoms with van der Waals surface area (Å²) in [4.78, 5) is 0. The predicted molar refractivity (Wildman–Crippen MR) is 67.2 cm³/mol. The van der Waals surface area contributed by atoms with E-state index in [0.29, 0.717) is 0 Å². The fourth-order valence-corrected chi connectivity index (χ4v) is 8.65. The van der Waals surface area contributed by atoms with Crippen LogP contribution >= 0.6 is 30.8 Å². The van der Waals surface area contributed by atoms with E-state index in [9.17, 15) is 0 Å². The molecule has 0 aromatic carbocycles. The lowest BCUT2D eigenvalue weighted by atomic mass is 10.3. The van der Waals surface area contributed by atoms with Crippen LogP contribution in [0.2, 0.25) is 0 Å². The summed E-state index contributed by atoms with van der Waals surface area (Å²) in [6.07, 6.45) is 1.39. The van der Waals surface area contributed by atoms with Crippen molar-refractivity contribution in [3.05, 3.63) is 0 Å². The van der Waals surface area contributed by atoms with Gasteiger partial charge in [-0.25, -0.2) is 0 Å². The molecule has 0 spiro atoms. The summed E-state index contributed by atoms with van der Waals surface area (Å²) < 4.78 is 0.899. The molecule has 0 nitrogen and oxygen atoms in total. The molecular formula is C9H20ClPS2. The molecule has 1 saturated heterocycles. The monoisotopic (exact) mass is 258 g/mol. The highest BCUT2D eigenvalue weighted by Crippen LogP contribution is 2.64. The molecule has 0 amide bonds. The third kappa shape index (κ3) is 4.64. The fraction of sp³-hybridized carbons (Fsp3) is 1.00. The van der Waals surface area contributed by atoms with E-state index in [1.54, 1.807) is 0 Å².